The van der Waals surface area contributed by atoms with Gasteiger partial charge in [-0.05, 0) is 48.4 Å². The number of hydrogen-bond acceptors (Lipinski definition) is 5. The van der Waals surface area contributed by atoms with Crippen LogP contribution in [0.15, 0.2) is 41.1 Å². The van der Waals surface area contributed by atoms with Crippen molar-refractivity contribution in [3.05, 3.63) is 51.7 Å². The fourth-order valence-corrected chi connectivity index (χ4v) is 3.96. The second kappa shape index (κ2) is 5.85. The van der Waals surface area contributed by atoms with E-state index >= 15 is 0 Å². The van der Waals surface area contributed by atoms with E-state index in [4.69, 9.17) is 0 Å². The summed E-state index contributed by atoms with van der Waals surface area (Å²) < 4.78 is 1.20. The first kappa shape index (κ1) is 14.7. The monoisotopic (exact) mass is 318 g/mol. The summed E-state index contributed by atoms with van der Waals surface area (Å²) in [5.74, 6) is 0. The van der Waals surface area contributed by atoms with Crippen LogP contribution in [0.3, 0.4) is 0 Å². The Labute approximate surface area is 132 Å². The number of hydrogen-bond donors (Lipinski definition) is 2. The Morgan fingerprint density at radius 2 is 2.14 bits per heavy atom. The molecule has 110 valence electrons. The lowest BCUT2D eigenvalue weighted by Crippen LogP contribution is -2.36. The quantitative estimate of drug-likeness (QED) is 0.749. The van der Waals surface area contributed by atoms with Gasteiger partial charge >= 0.3 is 0 Å². The van der Waals surface area contributed by atoms with Crippen LogP contribution in [-0.4, -0.2) is 16.6 Å². The average Bonchev–Trinajstić information content (AvgIpc) is 3.13. The van der Waals surface area contributed by atoms with E-state index < -0.39 is 5.60 Å². The molecule has 5 heteroatoms. The highest BCUT2D eigenvalue weighted by Gasteiger charge is 2.24. The number of aliphatic hydroxyl groups is 1. The van der Waals surface area contributed by atoms with Crippen LogP contribution in [0, 0.1) is 0 Å². The standard InChI is InChI=1S/C16H18N2OS2/c1-11(15-18-13-5-3-4-6-14(13)21-15)17-10-16(2,19)12-7-8-20-9-12/h3-9,11,17,19H,10H2,1-2H3/t11-,16-/m0/s1. The zero-order valence-corrected chi connectivity index (χ0v) is 13.7. The van der Waals surface area contributed by atoms with Crippen molar-refractivity contribution in [3.8, 4) is 0 Å². The van der Waals surface area contributed by atoms with Crippen molar-refractivity contribution in [2.24, 2.45) is 0 Å². The summed E-state index contributed by atoms with van der Waals surface area (Å²) in [4.78, 5) is 4.65. The second-order valence-electron chi connectivity index (χ2n) is 5.41. The zero-order valence-electron chi connectivity index (χ0n) is 12.0. The maximum absolute atomic E-state index is 10.5. The van der Waals surface area contributed by atoms with Crippen LogP contribution < -0.4 is 5.32 Å². The van der Waals surface area contributed by atoms with E-state index in [0.29, 0.717) is 6.54 Å². The van der Waals surface area contributed by atoms with Crippen molar-refractivity contribution in [3.63, 3.8) is 0 Å². The van der Waals surface area contributed by atoms with E-state index in [1.807, 2.05) is 41.9 Å². The summed E-state index contributed by atoms with van der Waals surface area (Å²) in [6.07, 6.45) is 0. The average molecular weight is 318 g/mol. The van der Waals surface area contributed by atoms with Gasteiger partial charge in [-0.2, -0.15) is 11.3 Å². The summed E-state index contributed by atoms with van der Waals surface area (Å²) in [6.45, 7) is 4.43. The number of thiophene rings is 1. The molecular weight excluding hydrogens is 300 g/mol. The molecule has 0 bridgehead atoms. The normalized spacial score (nSPS) is 16.0. The topological polar surface area (TPSA) is 45.1 Å². The van der Waals surface area contributed by atoms with E-state index in [1.165, 1.54) is 4.70 Å². The molecule has 2 aromatic heterocycles. The van der Waals surface area contributed by atoms with Crippen molar-refractivity contribution in [1.82, 2.24) is 10.3 Å². The summed E-state index contributed by atoms with van der Waals surface area (Å²) in [5.41, 5.74) is 1.14. The molecule has 0 aliphatic carbocycles. The Morgan fingerprint density at radius 3 is 2.86 bits per heavy atom. The maximum Gasteiger partial charge on any atom is 0.111 e. The highest BCUT2D eigenvalue weighted by molar-refractivity contribution is 7.18. The molecule has 0 unspecified atom stereocenters. The van der Waals surface area contributed by atoms with Crippen LogP contribution in [0.1, 0.15) is 30.5 Å². The zero-order chi connectivity index (χ0) is 14.9. The molecular formula is C16H18N2OS2. The number of rotatable bonds is 5. The Kier molecular flexibility index (Phi) is 4.08. The van der Waals surface area contributed by atoms with Gasteiger partial charge in [0.05, 0.1) is 16.3 Å². The predicted octanol–water partition coefficient (Wildman–Crippen LogP) is 3.92. The van der Waals surface area contributed by atoms with Gasteiger partial charge in [0.15, 0.2) is 0 Å². The largest absolute Gasteiger partial charge is 0.384 e. The van der Waals surface area contributed by atoms with E-state index in [2.05, 4.69) is 23.3 Å². The molecule has 1 aromatic carbocycles. The summed E-state index contributed by atoms with van der Waals surface area (Å²) >= 11 is 3.30. The molecule has 2 N–H and O–H groups in total. The van der Waals surface area contributed by atoms with Gasteiger partial charge in [0.1, 0.15) is 10.6 Å². The smallest absolute Gasteiger partial charge is 0.111 e. The van der Waals surface area contributed by atoms with Crippen LogP contribution in [0.5, 0.6) is 0 Å². The minimum absolute atomic E-state index is 0.118. The van der Waals surface area contributed by atoms with Crippen molar-refractivity contribution >= 4 is 32.9 Å². The highest BCUT2D eigenvalue weighted by Crippen LogP contribution is 2.27. The molecule has 0 radical (unpaired) electrons. The van der Waals surface area contributed by atoms with Gasteiger partial charge in [-0.15, -0.1) is 11.3 Å². The van der Waals surface area contributed by atoms with Crippen LogP contribution >= 0.6 is 22.7 Å². The van der Waals surface area contributed by atoms with E-state index in [-0.39, 0.29) is 6.04 Å². The van der Waals surface area contributed by atoms with Crippen molar-refractivity contribution in [1.29, 1.82) is 0 Å². The molecule has 0 spiro atoms. The number of aromatic nitrogens is 1. The van der Waals surface area contributed by atoms with Gasteiger partial charge in [-0.1, -0.05) is 12.1 Å². The molecule has 2 atom stereocenters. The summed E-state index contributed by atoms with van der Waals surface area (Å²) in [7, 11) is 0. The molecule has 0 aliphatic rings. The molecule has 3 nitrogen and oxygen atoms in total. The number of nitrogens with one attached hydrogen (secondary N) is 1. The van der Waals surface area contributed by atoms with Gasteiger partial charge in [-0.25, -0.2) is 4.98 Å². The third kappa shape index (κ3) is 3.16. The molecule has 0 saturated carbocycles. The van der Waals surface area contributed by atoms with Crippen LogP contribution in [0.25, 0.3) is 10.2 Å². The van der Waals surface area contributed by atoms with E-state index in [1.54, 1.807) is 22.7 Å². The molecule has 0 aliphatic heterocycles. The summed E-state index contributed by atoms with van der Waals surface area (Å²) in [5, 5.41) is 19.0. The first-order chi connectivity index (χ1) is 10.1. The van der Waals surface area contributed by atoms with Gasteiger partial charge in [0, 0.05) is 6.54 Å². The molecule has 0 amide bonds. The lowest BCUT2D eigenvalue weighted by Gasteiger charge is -2.24. The fraction of sp³-hybridized carbons (Fsp3) is 0.312. The van der Waals surface area contributed by atoms with Gasteiger partial charge in [0.2, 0.25) is 0 Å². The fourth-order valence-electron chi connectivity index (χ4n) is 2.19. The first-order valence-corrected chi connectivity index (χ1v) is 8.66. The minimum atomic E-state index is -0.856. The highest BCUT2D eigenvalue weighted by atomic mass is 32.1. The first-order valence-electron chi connectivity index (χ1n) is 6.90. The SMILES string of the molecule is C[C@H](NC[C@](C)(O)c1ccsc1)c1nc2ccccc2s1. The molecule has 21 heavy (non-hydrogen) atoms. The number of thiazole rings is 1. The number of fused-ring (bicyclic) bond motifs is 1. The molecule has 2 heterocycles. The maximum atomic E-state index is 10.5. The van der Waals surface area contributed by atoms with E-state index in [9.17, 15) is 5.11 Å². The van der Waals surface area contributed by atoms with Gasteiger partial charge < -0.3 is 10.4 Å². The molecule has 3 rings (SSSR count). The Morgan fingerprint density at radius 1 is 1.33 bits per heavy atom. The third-order valence-corrected chi connectivity index (χ3v) is 5.48. The second-order valence-corrected chi connectivity index (χ2v) is 7.25. The van der Waals surface area contributed by atoms with Crippen molar-refractivity contribution in [2.75, 3.05) is 6.54 Å². The Hall–Kier alpha value is -1.27. The van der Waals surface area contributed by atoms with Crippen molar-refractivity contribution < 1.29 is 5.11 Å². The third-order valence-electron chi connectivity index (χ3n) is 3.58. The van der Waals surface area contributed by atoms with Crippen LogP contribution in [0.2, 0.25) is 0 Å². The molecule has 0 saturated heterocycles. The predicted molar refractivity (Wildman–Crippen MR) is 89.9 cm³/mol. The Bertz CT molecular complexity index is 686. The Balaban J connectivity index is 1.70. The molecule has 3 aromatic rings. The minimum Gasteiger partial charge on any atom is -0.384 e. The lowest BCUT2D eigenvalue weighted by atomic mass is 9.99. The van der Waals surface area contributed by atoms with Crippen LogP contribution in [0.4, 0.5) is 0 Å². The number of nitrogens with zero attached hydrogens (tertiary/aromatic N) is 1. The number of benzene rings is 1. The van der Waals surface area contributed by atoms with Gasteiger partial charge in [0.25, 0.3) is 0 Å². The number of para-hydroxylation sites is 1. The van der Waals surface area contributed by atoms with Gasteiger partial charge in [-0.3, -0.25) is 0 Å². The van der Waals surface area contributed by atoms with Crippen LogP contribution in [-0.2, 0) is 5.60 Å². The lowest BCUT2D eigenvalue weighted by molar-refractivity contribution is 0.0548. The molecule has 0 fully saturated rings. The summed E-state index contributed by atoms with van der Waals surface area (Å²) in [6, 6.07) is 10.2. The van der Waals surface area contributed by atoms with E-state index in [0.717, 1.165) is 16.1 Å². The van der Waals surface area contributed by atoms with Crippen molar-refractivity contribution in [2.45, 2.75) is 25.5 Å².